The van der Waals surface area contributed by atoms with Crippen molar-refractivity contribution in [3.63, 3.8) is 0 Å². The molecule has 0 bridgehead atoms. The van der Waals surface area contributed by atoms with Gasteiger partial charge in [-0.25, -0.2) is 0 Å². The second-order valence-corrected chi connectivity index (χ2v) is 4.39. The van der Waals surface area contributed by atoms with Crippen LogP contribution in [0.15, 0.2) is 66.5 Å². The van der Waals surface area contributed by atoms with Gasteiger partial charge in [0.1, 0.15) is 0 Å². The monoisotopic (exact) mass is 242 g/mol. The van der Waals surface area contributed by atoms with E-state index in [1.807, 2.05) is 26.0 Å². The van der Waals surface area contributed by atoms with Crippen LogP contribution in [0.2, 0.25) is 0 Å². The Labute approximate surface area is 110 Å². The fourth-order valence-electron chi connectivity index (χ4n) is 1.81. The summed E-state index contributed by atoms with van der Waals surface area (Å²) in [5.41, 5.74) is 2.55. The Hall–Kier alpha value is -1.76. The smallest absolute Gasteiger partial charge is 0.0919 e. The average Bonchev–Trinajstić information content (AvgIpc) is 2.38. The summed E-state index contributed by atoms with van der Waals surface area (Å²) in [7, 11) is 0. The van der Waals surface area contributed by atoms with E-state index in [1.165, 1.54) is 11.1 Å². The Bertz CT molecular complexity index is 426. The first-order chi connectivity index (χ1) is 8.67. The Balaban J connectivity index is 2.69. The van der Waals surface area contributed by atoms with Gasteiger partial charge in [-0.15, -0.1) is 0 Å². The van der Waals surface area contributed by atoms with Crippen molar-refractivity contribution >= 4 is 0 Å². The van der Waals surface area contributed by atoms with E-state index in [4.69, 9.17) is 0 Å². The minimum atomic E-state index is 0.0516. The Morgan fingerprint density at radius 3 is 2.50 bits per heavy atom. The van der Waals surface area contributed by atoms with Gasteiger partial charge in [-0.2, -0.15) is 0 Å². The standard InChI is InChI=1S/C17H22O/c1-4-15(11-12-17(5-2)14(3)18)13-16-9-7-6-8-10-16/h4,6-12,17-18H,3,5,13H2,1-2H3/b12-11-,15-4+. The second kappa shape index (κ2) is 7.54. The molecule has 0 spiro atoms. The molecule has 1 rings (SSSR count). The van der Waals surface area contributed by atoms with Gasteiger partial charge < -0.3 is 5.11 Å². The van der Waals surface area contributed by atoms with E-state index in [0.29, 0.717) is 0 Å². The zero-order chi connectivity index (χ0) is 13.4. The number of rotatable bonds is 6. The lowest BCUT2D eigenvalue weighted by molar-refractivity contribution is 0.355. The lowest BCUT2D eigenvalue weighted by Crippen LogP contribution is -1.97. The molecule has 0 amide bonds. The molecule has 1 N–H and O–H groups in total. The van der Waals surface area contributed by atoms with E-state index in [1.54, 1.807) is 0 Å². The van der Waals surface area contributed by atoms with Gasteiger partial charge in [-0.1, -0.05) is 62.1 Å². The molecule has 0 saturated heterocycles. The van der Waals surface area contributed by atoms with Crippen molar-refractivity contribution < 1.29 is 5.11 Å². The number of hydrogen-bond acceptors (Lipinski definition) is 1. The van der Waals surface area contributed by atoms with Gasteiger partial charge in [0.15, 0.2) is 0 Å². The van der Waals surface area contributed by atoms with Gasteiger partial charge in [-0.05, 0) is 30.9 Å². The topological polar surface area (TPSA) is 20.2 Å². The van der Waals surface area contributed by atoms with E-state index in [-0.39, 0.29) is 11.7 Å². The van der Waals surface area contributed by atoms with Crippen LogP contribution >= 0.6 is 0 Å². The molecule has 0 fully saturated rings. The number of hydrogen-bond donors (Lipinski definition) is 1. The fourth-order valence-corrected chi connectivity index (χ4v) is 1.81. The molecule has 96 valence electrons. The highest BCUT2D eigenvalue weighted by Gasteiger charge is 2.04. The average molecular weight is 242 g/mol. The summed E-state index contributed by atoms with van der Waals surface area (Å²) in [4.78, 5) is 0. The van der Waals surface area contributed by atoms with Crippen LogP contribution in [0.1, 0.15) is 25.8 Å². The summed E-state index contributed by atoms with van der Waals surface area (Å²) < 4.78 is 0. The SMILES string of the molecule is C=C(O)C(/C=C\C(=C/C)Cc1ccccc1)CC. The first kappa shape index (κ1) is 14.3. The molecular weight excluding hydrogens is 220 g/mol. The molecule has 1 atom stereocenters. The van der Waals surface area contributed by atoms with Crippen LogP contribution in [0.5, 0.6) is 0 Å². The van der Waals surface area contributed by atoms with Gasteiger partial charge in [0.25, 0.3) is 0 Å². The maximum absolute atomic E-state index is 9.42. The molecule has 1 aromatic carbocycles. The molecule has 0 saturated carbocycles. The van der Waals surface area contributed by atoms with Crippen molar-refractivity contribution in [3.05, 3.63) is 72.0 Å². The van der Waals surface area contributed by atoms with Gasteiger partial charge in [0.05, 0.1) is 5.76 Å². The van der Waals surface area contributed by atoms with Crippen molar-refractivity contribution in [2.45, 2.75) is 26.7 Å². The summed E-state index contributed by atoms with van der Waals surface area (Å²) in [5.74, 6) is 0.291. The van der Waals surface area contributed by atoms with E-state index < -0.39 is 0 Å². The number of benzene rings is 1. The highest BCUT2D eigenvalue weighted by molar-refractivity contribution is 5.28. The maximum Gasteiger partial charge on any atom is 0.0919 e. The van der Waals surface area contributed by atoms with E-state index >= 15 is 0 Å². The van der Waals surface area contributed by atoms with Crippen molar-refractivity contribution in [2.24, 2.45) is 5.92 Å². The molecule has 18 heavy (non-hydrogen) atoms. The lowest BCUT2D eigenvalue weighted by atomic mass is 10.00. The van der Waals surface area contributed by atoms with Crippen molar-refractivity contribution in [2.75, 3.05) is 0 Å². The van der Waals surface area contributed by atoms with Crippen LogP contribution in [0.25, 0.3) is 0 Å². The molecular formula is C17H22O. The zero-order valence-electron chi connectivity index (χ0n) is 11.3. The minimum absolute atomic E-state index is 0.0516. The number of aliphatic hydroxyl groups excluding tert-OH is 1. The van der Waals surface area contributed by atoms with E-state index in [9.17, 15) is 5.11 Å². The molecule has 0 heterocycles. The van der Waals surface area contributed by atoms with Crippen LogP contribution in [-0.4, -0.2) is 5.11 Å². The molecule has 0 aliphatic carbocycles. The van der Waals surface area contributed by atoms with E-state index in [2.05, 4.69) is 43.0 Å². The summed E-state index contributed by atoms with van der Waals surface area (Å²) in [6.45, 7) is 7.68. The van der Waals surface area contributed by atoms with Crippen LogP contribution in [0, 0.1) is 5.92 Å². The Morgan fingerprint density at radius 1 is 1.33 bits per heavy atom. The van der Waals surface area contributed by atoms with Crippen molar-refractivity contribution in [3.8, 4) is 0 Å². The molecule has 0 aliphatic heterocycles. The zero-order valence-corrected chi connectivity index (χ0v) is 11.3. The quantitative estimate of drug-likeness (QED) is 0.559. The summed E-state index contributed by atoms with van der Waals surface area (Å²) in [5, 5.41) is 9.42. The largest absolute Gasteiger partial charge is 0.512 e. The highest BCUT2D eigenvalue weighted by atomic mass is 16.3. The third-order valence-electron chi connectivity index (χ3n) is 3.03. The molecule has 1 unspecified atom stereocenters. The normalized spacial score (nSPS) is 13.8. The highest BCUT2D eigenvalue weighted by Crippen LogP contribution is 2.15. The van der Waals surface area contributed by atoms with Gasteiger partial charge in [0.2, 0.25) is 0 Å². The lowest BCUT2D eigenvalue weighted by Gasteiger charge is -2.08. The summed E-state index contributed by atoms with van der Waals surface area (Å²) in [6.07, 6.45) is 8.01. The first-order valence-corrected chi connectivity index (χ1v) is 6.42. The molecule has 1 heteroatoms. The van der Waals surface area contributed by atoms with Crippen LogP contribution in [0.4, 0.5) is 0 Å². The first-order valence-electron chi connectivity index (χ1n) is 6.42. The van der Waals surface area contributed by atoms with Crippen LogP contribution < -0.4 is 0 Å². The molecule has 1 aromatic rings. The Morgan fingerprint density at radius 2 is 2.00 bits per heavy atom. The second-order valence-electron chi connectivity index (χ2n) is 4.39. The van der Waals surface area contributed by atoms with Crippen LogP contribution in [0.3, 0.4) is 0 Å². The fraction of sp³-hybridized carbons (Fsp3) is 0.294. The van der Waals surface area contributed by atoms with Crippen molar-refractivity contribution in [1.29, 1.82) is 0 Å². The van der Waals surface area contributed by atoms with Gasteiger partial charge >= 0.3 is 0 Å². The Kier molecular flexibility index (Phi) is 5.99. The predicted octanol–water partition coefficient (Wildman–Crippen LogP) is 4.83. The third kappa shape index (κ3) is 4.62. The third-order valence-corrected chi connectivity index (χ3v) is 3.03. The molecule has 1 nitrogen and oxygen atoms in total. The van der Waals surface area contributed by atoms with Gasteiger partial charge in [0, 0.05) is 5.92 Å². The van der Waals surface area contributed by atoms with E-state index in [0.717, 1.165) is 12.8 Å². The molecule has 0 aliphatic rings. The number of aliphatic hydroxyl groups is 1. The number of allylic oxidation sites excluding steroid dienone is 4. The summed E-state index contributed by atoms with van der Waals surface area (Å²) >= 11 is 0. The maximum atomic E-state index is 9.42. The van der Waals surface area contributed by atoms with Gasteiger partial charge in [-0.3, -0.25) is 0 Å². The molecule has 0 radical (unpaired) electrons. The minimum Gasteiger partial charge on any atom is -0.512 e. The summed E-state index contributed by atoms with van der Waals surface area (Å²) in [6, 6.07) is 10.4. The predicted molar refractivity (Wildman–Crippen MR) is 78.6 cm³/mol. The molecule has 0 aromatic heterocycles. The van der Waals surface area contributed by atoms with Crippen LogP contribution in [-0.2, 0) is 6.42 Å². The van der Waals surface area contributed by atoms with Crippen molar-refractivity contribution in [1.82, 2.24) is 0 Å².